The van der Waals surface area contributed by atoms with E-state index >= 15 is 0 Å². The molecular formula is C18H34O4. The summed E-state index contributed by atoms with van der Waals surface area (Å²) < 4.78 is 11.0. The van der Waals surface area contributed by atoms with Gasteiger partial charge in [0.15, 0.2) is 6.29 Å². The summed E-state index contributed by atoms with van der Waals surface area (Å²) in [6.45, 7) is 9.78. The Morgan fingerprint density at radius 2 is 1.59 bits per heavy atom. The largest absolute Gasteiger partial charge is 0.460 e. The number of aldehydes is 1. The maximum Gasteiger partial charge on any atom is 0.306 e. The molecule has 130 valence electrons. The van der Waals surface area contributed by atoms with Crippen LogP contribution in [-0.2, 0) is 19.1 Å². The van der Waals surface area contributed by atoms with Crippen molar-refractivity contribution in [2.75, 3.05) is 6.61 Å². The molecule has 0 aliphatic heterocycles. The van der Waals surface area contributed by atoms with Crippen LogP contribution in [0.1, 0.15) is 86.0 Å². The van der Waals surface area contributed by atoms with Gasteiger partial charge in [0.05, 0.1) is 6.61 Å². The van der Waals surface area contributed by atoms with E-state index in [4.69, 9.17) is 9.47 Å². The summed E-state index contributed by atoms with van der Waals surface area (Å²) >= 11 is 0. The molecular weight excluding hydrogens is 280 g/mol. The lowest BCUT2D eigenvalue weighted by atomic mass is 10.1. The Labute approximate surface area is 135 Å². The number of esters is 1. The van der Waals surface area contributed by atoms with E-state index in [9.17, 15) is 9.59 Å². The van der Waals surface area contributed by atoms with Crippen molar-refractivity contribution in [2.45, 2.75) is 97.2 Å². The standard InChI is InChI=1S/C18H34O4/c1-6-7-8-9-10-11-12-16(20)22-17(2,3)13-14-21-18(4,5)15-19/h15H,6-14H2,1-5H3. The summed E-state index contributed by atoms with van der Waals surface area (Å²) in [6.07, 6.45) is 8.78. The molecule has 0 bridgehead atoms. The van der Waals surface area contributed by atoms with E-state index in [1.807, 2.05) is 13.8 Å². The molecule has 0 spiro atoms. The first-order valence-electron chi connectivity index (χ1n) is 8.54. The number of ether oxygens (including phenoxy) is 2. The molecule has 4 heteroatoms. The SMILES string of the molecule is CCCCCCCCC(=O)OC(C)(C)CCOC(C)(C)C=O. The van der Waals surface area contributed by atoms with E-state index in [0.29, 0.717) is 19.4 Å². The lowest BCUT2D eigenvalue weighted by Crippen LogP contribution is -2.33. The van der Waals surface area contributed by atoms with Crippen molar-refractivity contribution in [3.63, 3.8) is 0 Å². The van der Waals surface area contributed by atoms with Gasteiger partial charge >= 0.3 is 5.97 Å². The zero-order valence-electron chi connectivity index (χ0n) is 15.1. The first kappa shape index (κ1) is 21.1. The smallest absolute Gasteiger partial charge is 0.306 e. The molecule has 0 radical (unpaired) electrons. The molecule has 0 aliphatic carbocycles. The first-order valence-corrected chi connectivity index (χ1v) is 8.54. The number of hydrogen-bond donors (Lipinski definition) is 0. The molecule has 0 rings (SSSR count). The van der Waals surface area contributed by atoms with E-state index in [1.54, 1.807) is 13.8 Å². The highest BCUT2D eigenvalue weighted by atomic mass is 16.6. The molecule has 0 aliphatic rings. The molecule has 0 unspecified atom stereocenters. The molecule has 4 nitrogen and oxygen atoms in total. The van der Waals surface area contributed by atoms with Gasteiger partial charge in [-0.05, 0) is 34.1 Å². The number of hydrogen-bond acceptors (Lipinski definition) is 4. The van der Waals surface area contributed by atoms with Crippen molar-refractivity contribution in [3.8, 4) is 0 Å². The second-order valence-corrected chi connectivity index (χ2v) is 7.07. The van der Waals surface area contributed by atoms with Crippen LogP contribution in [0.2, 0.25) is 0 Å². The molecule has 0 fully saturated rings. The van der Waals surface area contributed by atoms with Crippen LogP contribution in [0.15, 0.2) is 0 Å². The van der Waals surface area contributed by atoms with Gasteiger partial charge in [-0.2, -0.15) is 0 Å². The zero-order chi connectivity index (χ0) is 17.1. The number of carbonyl (C=O) groups is 2. The Kier molecular flexibility index (Phi) is 10.3. The van der Waals surface area contributed by atoms with Crippen molar-refractivity contribution >= 4 is 12.3 Å². The summed E-state index contributed by atoms with van der Waals surface area (Å²) in [4.78, 5) is 22.6. The predicted molar refractivity (Wildman–Crippen MR) is 88.9 cm³/mol. The molecule has 0 aromatic heterocycles. The lowest BCUT2D eigenvalue weighted by molar-refractivity contribution is -0.159. The maximum atomic E-state index is 11.8. The van der Waals surface area contributed by atoms with Crippen LogP contribution in [0, 0.1) is 0 Å². The average Bonchev–Trinajstić information content (AvgIpc) is 2.41. The van der Waals surface area contributed by atoms with Gasteiger partial charge < -0.3 is 14.3 Å². The van der Waals surface area contributed by atoms with Crippen molar-refractivity contribution in [1.82, 2.24) is 0 Å². The van der Waals surface area contributed by atoms with Crippen LogP contribution >= 0.6 is 0 Å². The summed E-state index contributed by atoms with van der Waals surface area (Å²) in [5, 5.41) is 0. The second kappa shape index (κ2) is 10.8. The van der Waals surface area contributed by atoms with Crippen molar-refractivity contribution in [2.24, 2.45) is 0 Å². The van der Waals surface area contributed by atoms with Crippen LogP contribution < -0.4 is 0 Å². The third kappa shape index (κ3) is 11.7. The average molecular weight is 314 g/mol. The third-order valence-corrected chi connectivity index (χ3v) is 3.59. The van der Waals surface area contributed by atoms with Gasteiger partial charge in [0, 0.05) is 12.8 Å². The van der Waals surface area contributed by atoms with Gasteiger partial charge in [0.2, 0.25) is 0 Å². The second-order valence-electron chi connectivity index (χ2n) is 7.07. The topological polar surface area (TPSA) is 52.6 Å². The van der Waals surface area contributed by atoms with E-state index in [1.165, 1.54) is 25.7 Å². The molecule has 0 atom stereocenters. The Bertz CT molecular complexity index is 321. The zero-order valence-corrected chi connectivity index (χ0v) is 15.1. The van der Waals surface area contributed by atoms with Gasteiger partial charge in [0.25, 0.3) is 0 Å². The highest BCUT2D eigenvalue weighted by molar-refractivity contribution is 5.69. The van der Waals surface area contributed by atoms with Crippen LogP contribution in [0.4, 0.5) is 0 Å². The monoisotopic (exact) mass is 314 g/mol. The van der Waals surface area contributed by atoms with E-state index in [0.717, 1.165) is 19.1 Å². The lowest BCUT2D eigenvalue weighted by Gasteiger charge is -2.27. The Hall–Kier alpha value is -0.900. The van der Waals surface area contributed by atoms with Gasteiger partial charge in [-0.1, -0.05) is 39.0 Å². The fourth-order valence-corrected chi connectivity index (χ4v) is 2.05. The van der Waals surface area contributed by atoms with Crippen LogP contribution in [-0.4, -0.2) is 30.1 Å². The minimum Gasteiger partial charge on any atom is -0.460 e. The molecule has 0 aromatic carbocycles. The summed E-state index contributed by atoms with van der Waals surface area (Å²) in [5.74, 6) is -0.143. The van der Waals surface area contributed by atoms with Gasteiger partial charge in [0.1, 0.15) is 11.2 Å². The number of unbranched alkanes of at least 4 members (excludes halogenated alkanes) is 5. The van der Waals surface area contributed by atoms with Crippen LogP contribution in [0.25, 0.3) is 0 Å². The molecule has 0 saturated carbocycles. The van der Waals surface area contributed by atoms with Crippen molar-refractivity contribution in [1.29, 1.82) is 0 Å². The first-order chi connectivity index (χ1) is 10.2. The normalized spacial score (nSPS) is 12.2. The highest BCUT2D eigenvalue weighted by Crippen LogP contribution is 2.18. The Balaban J connectivity index is 3.84. The predicted octanol–water partition coefficient (Wildman–Crippen LogP) is 4.44. The molecule has 0 heterocycles. The molecule has 22 heavy (non-hydrogen) atoms. The van der Waals surface area contributed by atoms with Crippen molar-refractivity contribution in [3.05, 3.63) is 0 Å². The molecule has 0 saturated heterocycles. The maximum absolute atomic E-state index is 11.8. The summed E-state index contributed by atoms with van der Waals surface area (Å²) in [5.41, 5.74) is -1.34. The van der Waals surface area contributed by atoms with E-state index in [2.05, 4.69) is 6.92 Å². The Morgan fingerprint density at radius 3 is 2.18 bits per heavy atom. The molecule has 0 amide bonds. The fourth-order valence-electron chi connectivity index (χ4n) is 2.05. The Morgan fingerprint density at radius 1 is 1.00 bits per heavy atom. The van der Waals surface area contributed by atoms with Crippen LogP contribution in [0.5, 0.6) is 0 Å². The summed E-state index contributed by atoms with van der Waals surface area (Å²) in [7, 11) is 0. The minimum atomic E-state index is -0.779. The number of rotatable bonds is 13. The molecule has 0 N–H and O–H groups in total. The quantitative estimate of drug-likeness (QED) is 0.286. The van der Waals surface area contributed by atoms with Gasteiger partial charge in [-0.25, -0.2) is 0 Å². The minimum absolute atomic E-state index is 0.143. The third-order valence-electron chi connectivity index (χ3n) is 3.59. The fraction of sp³-hybridized carbons (Fsp3) is 0.889. The van der Waals surface area contributed by atoms with Gasteiger partial charge in [-0.15, -0.1) is 0 Å². The molecule has 0 aromatic rings. The van der Waals surface area contributed by atoms with Crippen molar-refractivity contribution < 1.29 is 19.1 Å². The van der Waals surface area contributed by atoms with Gasteiger partial charge in [-0.3, -0.25) is 4.79 Å². The van der Waals surface area contributed by atoms with E-state index in [-0.39, 0.29) is 5.97 Å². The van der Waals surface area contributed by atoms with E-state index < -0.39 is 11.2 Å². The summed E-state index contributed by atoms with van der Waals surface area (Å²) in [6, 6.07) is 0. The number of carbonyl (C=O) groups excluding carboxylic acids is 2. The highest BCUT2D eigenvalue weighted by Gasteiger charge is 2.24. The van der Waals surface area contributed by atoms with Crippen LogP contribution in [0.3, 0.4) is 0 Å².